The van der Waals surface area contributed by atoms with Gasteiger partial charge in [-0.2, -0.15) is 0 Å². The molecule has 2 aromatic carbocycles. The van der Waals surface area contributed by atoms with Crippen LogP contribution in [0.5, 0.6) is 11.5 Å². The Labute approximate surface area is 149 Å². The number of rotatable bonds is 4. The minimum Gasteiger partial charge on any atom is -0.486 e. The Hall–Kier alpha value is -2.45. The highest BCUT2D eigenvalue weighted by Crippen LogP contribution is 2.33. The van der Waals surface area contributed by atoms with Crippen molar-refractivity contribution in [1.29, 1.82) is 0 Å². The second kappa shape index (κ2) is 6.81. The molecule has 9 heteroatoms. The Balaban J connectivity index is 1.82. The van der Waals surface area contributed by atoms with Gasteiger partial charge < -0.3 is 14.8 Å². The molecule has 0 spiro atoms. The van der Waals surface area contributed by atoms with Crippen molar-refractivity contribution < 1.29 is 22.7 Å². The van der Waals surface area contributed by atoms with Gasteiger partial charge in [-0.3, -0.25) is 9.52 Å². The Morgan fingerprint density at radius 3 is 2.44 bits per heavy atom. The van der Waals surface area contributed by atoms with E-state index < -0.39 is 15.9 Å². The van der Waals surface area contributed by atoms with Crippen LogP contribution in [0.3, 0.4) is 0 Å². The van der Waals surface area contributed by atoms with E-state index in [2.05, 4.69) is 10.0 Å². The fourth-order valence-corrected chi connectivity index (χ4v) is 3.05. The molecule has 2 aromatic rings. The summed E-state index contributed by atoms with van der Waals surface area (Å²) in [4.78, 5) is 12.5. The molecule has 0 aromatic heterocycles. The van der Waals surface area contributed by atoms with E-state index in [4.69, 9.17) is 21.1 Å². The van der Waals surface area contributed by atoms with Gasteiger partial charge in [0, 0.05) is 17.4 Å². The van der Waals surface area contributed by atoms with Crippen LogP contribution in [0.2, 0.25) is 5.02 Å². The molecular formula is C16H15ClN2O5S. The average molecular weight is 383 g/mol. The molecule has 0 atom stereocenters. The van der Waals surface area contributed by atoms with E-state index in [9.17, 15) is 13.2 Å². The predicted octanol–water partition coefficient (Wildman–Crippen LogP) is 2.74. The maximum Gasteiger partial charge on any atom is 0.257 e. The summed E-state index contributed by atoms with van der Waals surface area (Å²) >= 11 is 6.06. The van der Waals surface area contributed by atoms with Gasteiger partial charge in [-0.05, 0) is 30.3 Å². The van der Waals surface area contributed by atoms with E-state index in [1.165, 1.54) is 18.2 Å². The third-order valence-electron chi connectivity index (χ3n) is 3.31. The molecule has 0 fully saturated rings. The molecule has 2 N–H and O–H groups in total. The highest BCUT2D eigenvalue weighted by atomic mass is 35.5. The monoisotopic (exact) mass is 382 g/mol. The van der Waals surface area contributed by atoms with E-state index in [0.29, 0.717) is 30.4 Å². The van der Waals surface area contributed by atoms with Crippen molar-refractivity contribution in [2.24, 2.45) is 0 Å². The Bertz CT molecular complexity index is 930. The molecule has 0 saturated heterocycles. The van der Waals surface area contributed by atoms with Gasteiger partial charge in [0.15, 0.2) is 11.5 Å². The number of anilines is 2. The Kier molecular flexibility index (Phi) is 4.73. The molecule has 0 unspecified atom stereocenters. The topological polar surface area (TPSA) is 93.7 Å². The van der Waals surface area contributed by atoms with Gasteiger partial charge in [-0.15, -0.1) is 0 Å². The molecule has 1 aliphatic heterocycles. The number of carbonyl (C=O) groups excluding carboxylic acids is 1. The first-order valence-electron chi connectivity index (χ1n) is 7.30. The first-order chi connectivity index (χ1) is 11.8. The van der Waals surface area contributed by atoms with Gasteiger partial charge in [-0.25, -0.2) is 8.42 Å². The fourth-order valence-electron chi connectivity index (χ4n) is 2.30. The fraction of sp³-hybridized carbons (Fsp3) is 0.188. The lowest BCUT2D eigenvalue weighted by Crippen LogP contribution is -2.17. The third kappa shape index (κ3) is 4.34. The Morgan fingerprint density at radius 2 is 1.72 bits per heavy atom. The SMILES string of the molecule is CS(=O)(=O)Nc1ccc(Cl)c(C(=O)Nc2ccc3c(c2)OCCO3)c1. The van der Waals surface area contributed by atoms with Crippen molar-refractivity contribution >= 4 is 38.9 Å². The molecule has 1 aliphatic rings. The minimum atomic E-state index is -3.46. The lowest BCUT2D eigenvalue weighted by molar-refractivity contribution is 0.102. The van der Waals surface area contributed by atoms with Crippen LogP contribution >= 0.6 is 11.6 Å². The number of amides is 1. The van der Waals surface area contributed by atoms with Crippen LogP contribution in [0.25, 0.3) is 0 Å². The van der Waals surface area contributed by atoms with E-state index in [1.54, 1.807) is 18.2 Å². The number of halogens is 1. The van der Waals surface area contributed by atoms with Crippen LogP contribution in [0, 0.1) is 0 Å². The van der Waals surface area contributed by atoms with Gasteiger partial charge in [0.2, 0.25) is 10.0 Å². The standard InChI is InChI=1S/C16H15ClN2O5S/c1-25(21,22)19-11-2-4-13(17)12(8-11)16(20)18-10-3-5-14-15(9-10)24-7-6-23-14/h2-5,8-9,19H,6-7H2,1H3,(H,18,20). The number of benzene rings is 2. The van der Waals surface area contributed by atoms with Crippen molar-refractivity contribution in [3.05, 3.63) is 47.0 Å². The number of carbonyl (C=O) groups is 1. The predicted molar refractivity (Wildman–Crippen MR) is 95.3 cm³/mol. The smallest absolute Gasteiger partial charge is 0.257 e. The summed E-state index contributed by atoms with van der Waals surface area (Å²) in [5, 5.41) is 2.91. The van der Waals surface area contributed by atoms with Crippen molar-refractivity contribution in [1.82, 2.24) is 0 Å². The van der Waals surface area contributed by atoms with Crippen LogP contribution in [0.15, 0.2) is 36.4 Å². The second-order valence-corrected chi connectivity index (χ2v) is 7.54. The van der Waals surface area contributed by atoms with E-state index in [-0.39, 0.29) is 16.3 Å². The van der Waals surface area contributed by atoms with E-state index in [0.717, 1.165) is 6.26 Å². The summed E-state index contributed by atoms with van der Waals surface area (Å²) in [5.41, 5.74) is 0.899. The summed E-state index contributed by atoms with van der Waals surface area (Å²) in [5.74, 6) is 0.683. The van der Waals surface area contributed by atoms with Crippen LogP contribution in [0.1, 0.15) is 10.4 Å². The van der Waals surface area contributed by atoms with Crippen molar-refractivity contribution in [2.45, 2.75) is 0 Å². The van der Waals surface area contributed by atoms with Gasteiger partial charge in [0.1, 0.15) is 13.2 Å². The largest absolute Gasteiger partial charge is 0.486 e. The third-order valence-corrected chi connectivity index (χ3v) is 4.25. The zero-order valence-electron chi connectivity index (χ0n) is 13.2. The second-order valence-electron chi connectivity index (χ2n) is 5.38. The molecule has 0 bridgehead atoms. The summed E-state index contributed by atoms with van der Waals surface area (Å²) in [6.07, 6.45) is 1.02. The number of sulfonamides is 1. The molecule has 0 aliphatic carbocycles. The maximum absolute atomic E-state index is 12.5. The maximum atomic E-state index is 12.5. The van der Waals surface area contributed by atoms with Gasteiger partial charge in [0.25, 0.3) is 5.91 Å². The van der Waals surface area contributed by atoms with Gasteiger partial charge in [0.05, 0.1) is 16.8 Å². The molecular weight excluding hydrogens is 368 g/mol. The van der Waals surface area contributed by atoms with Crippen LogP contribution < -0.4 is 19.5 Å². The molecule has 25 heavy (non-hydrogen) atoms. The van der Waals surface area contributed by atoms with Crippen LogP contribution in [0.4, 0.5) is 11.4 Å². The first-order valence-corrected chi connectivity index (χ1v) is 9.57. The molecule has 1 heterocycles. The summed E-state index contributed by atoms with van der Waals surface area (Å²) < 4.78 is 35.8. The van der Waals surface area contributed by atoms with Crippen molar-refractivity contribution in [3.8, 4) is 11.5 Å². The summed E-state index contributed by atoms with van der Waals surface area (Å²) in [6.45, 7) is 0.921. The molecule has 0 radical (unpaired) electrons. The number of nitrogens with one attached hydrogen (secondary N) is 2. The minimum absolute atomic E-state index is 0.144. The van der Waals surface area contributed by atoms with Crippen LogP contribution in [-0.4, -0.2) is 33.8 Å². The summed E-state index contributed by atoms with van der Waals surface area (Å²) in [6, 6.07) is 9.33. The molecule has 0 saturated carbocycles. The number of ether oxygens (including phenoxy) is 2. The Morgan fingerprint density at radius 1 is 1.04 bits per heavy atom. The molecule has 1 amide bonds. The first kappa shape index (κ1) is 17.4. The van der Waals surface area contributed by atoms with Crippen molar-refractivity contribution in [3.63, 3.8) is 0 Å². The molecule has 3 rings (SSSR count). The van der Waals surface area contributed by atoms with Crippen LogP contribution in [-0.2, 0) is 10.0 Å². The average Bonchev–Trinajstić information content (AvgIpc) is 2.55. The van der Waals surface area contributed by atoms with Gasteiger partial charge >= 0.3 is 0 Å². The lowest BCUT2D eigenvalue weighted by atomic mass is 10.1. The molecule has 7 nitrogen and oxygen atoms in total. The summed E-state index contributed by atoms with van der Waals surface area (Å²) in [7, 11) is -3.46. The number of hydrogen-bond acceptors (Lipinski definition) is 5. The highest BCUT2D eigenvalue weighted by molar-refractivity contribution is 7.92. The van der Waals surface area contributed by atoms with E-state index in [1.807, 2.05) is 0 Å². The van der Waals surface area contributed by atoms with Crippen molar-refractivity contribution in [2.75, 3.05) is 29.5 Å². The number of fused-ring (bicyclic) bond motifs is 1. The zero-order valence-corrected chi connectivity index (χ0v) is 14.8. The normalized spacial score (nSPS) is 13.2. The van der Waals surface area contributed by atoms with Gasteiger partial charge in [-0.1, -0.05) is 11.6 Å². The lowest BCUT2D eigenvalue weighted by Gasteiger charge is -2.19. The molecule has 132 valence electrons. The quantitative estimate of drug-likeness (QED) is 0.848. The highest BCUT2D eigenvalue weighted by Gasteiger charge is 2.16. The zero-order chi connectivity index (χ0) is 18.0. The number of hydrogen-bond donors (Lipinski definition) is 2. The van der Waals surface area contributed by atoms with E-state index >= 15 is 0 Å².